The van der Waals surface area contributed by atoms with E-state index in [4.69, 9.17) is 4.74 Å². The minimum absolute atomic E-state index is 0.0825. The van der Waals surface area contributed by atoms with E-state index < -0.39 is 0 Å². The molecule has 1 N–H and O–H groups in total. The third kappa shape index (κ3) is 3.36. The summed E-state index contributed by atoms with van der Waals surface area (Å²) in [6.45, 7) is 7.14. The lowest BCUT2D eigenvalue weighted by molar-refractivity contribution is -0.144. The monoisotopic (exact) mass is 328 g/mol. The highest BCUT2D eigenvalue weighted by molar-refractivity contribution is 5.80. The first kappa shape index (κ1) is 16.7. The maximum Gasteiger partial charge on any atom is 0.251 e. The number of aromatic nitrogens is 1. The van der Waals surface area contributed by atoms with Gasteiger partial charge in [-0.05, 0) is 50.3 Å². The van der Waals surface area contributed by atoms with Gasteiger partial charge in [0.1, 0.15) is 0 Å². The van der Waals surface area contributed by atoms with Crippen molar-refractivity contribution >= 4 is 16.8 Å². The lowest BCUT2D eigenvalue weighted by Gasteiger charge is -2.38. The first-order valence-electron chi connectivity index (χ1n) is 8.47. The second-order valence-corrected chi connectivity index (χ2v) is 6.75. The molecule has 2 heterocycles. The van der Waals surface area contributed by atoms with E-state index in [2.05, 4.69) is 4.98 Å². The van der Waals surface area contributed by atoms with Crippen molar-refractivity contribution in [1.82, 2.24) is 9.88 Å². The lowest BCUT2D eigenvalue weighted by atomic mass is 10.1. The maximum absolute atomic E-state index is 12.6. The Morgan fingerprint density at radius 3 is 2.67 bits per heavy atom. The van der Waals surface area contributed by atoms with E-state index in [9.17, 15) is 9.59 Å². The summed E-state index contributed by atoms with van der Waals surface area (Å²) in [5.74, 6) is 0.0849. The van der Waals surface area contributed by atoms with Crippen molar-refractivity contribution in [3.05, 3.63) is 45.7 Å². The summed E-state index contributed by atoms with van der Waals surface area (Å²) in [4.78, 5) is 29.6. The number of nitrogens with zero attached hydrogens (tertiary/aromatic N) is 1. The van der Waals surface area contributed by atoms with Gasteiger partial charge in [0.15, 0.2) is 0 Å². The van der Waals surface area contributed by atoms with Gasteiger partial charge in [-0.15, -0.1) is 0 Å². The number of pyridine rings is 1. The Labute approximate surface area is 141 Å². The fraction of sp³-hybridized carbons (Fsp3) is 0.474. The Morgan fingerprint density at radius 2 is 1.96 bits per heavy atom. The molecule has 0 radical (unpaired) electrons. The van der Waals surface area contributed by atoms with Crippen LogP contribution in [0.4, 0.5) is 0 Å². The number of H-pyrrole nitrogens is 1. The second kappa shape index (κ2) is 6.77. The summed E-state index contributed by atoms with van der Waals surface area (Å²) in [6, 6.07) is 8.04. The van der Waals surface area contributed by atoms with Gasteiger partial charge in [-0.25, -0.2) is 0 Å². The van der Waals surface area contributed by atoms with Crippen molar-refractivity contribution in [3.8, 4) is 0 Å². The molecule has 0 bridgehead atoms. The number of benzene rings is 1. The van der Waals surface area contributed by atoms with Gasteiger partial charge in [0.25, 0.3) is 5.56 Å². The predicted molar refractivity (Wildman–Crippen MR) is 94.2 cm³/mol. The number of amides is 1. The van der Waals surface area contributed by atoms with Crippen LogP contribution >= 0.6 is 0 Å². The van der Waals surface area contributed by atoms with Gasteiger partial charge in [0, 0.05) is 17.5 Å². The molecule has 1 aliphatic rings. The number of fused-ring (bicyclic) bond motifs is 1. The van der Waals surface area contributed by atoms with Crippen molar-refractivity contribution in [1.29, 1.82) is 0 Å². The Morgan fingerprint density at radius 1 is 1.25 bits per heavy atom. The third-order valence-corrected chi connectivity index (χ3v) is 4.64. The minimum Gasteiger partial charge on any atom is -0.377 e. The summed E-state index contributed by atoms with van der Waals surface area (Å²) in [5.41, 5.74) is 2.50. The molecule has 1 fully saturated rings. The molecule has 2 unspecified atom stereocenters. The van der Waals surface area contributed by atoms with E-state index in [0.29, 0.717) is 31.6 Å². The van der Waals surface area contributed by atoms with Crippen molar-refractivity contribution in [2.75, 3.05) is 13.2 Å². The number of carbonyl (C=O) groups excluding carboxylic acids is 1. The van der Waals surface area contributed by atoms with Crippen LogP contribution in [0.25, 0.3) is 10.9 Å². The Bertz CT molecular complexity index is 802. The SMILES string of the molecule is Cc1ccc2cc(CCC(=O)N3C(C)COCC3C)c(=O)[nH]c2c1. The topological polar surface area (TPSA) is 62.4 Å². The number of hydrogen-bond donors (Lipinski definition) is 1. The van der Waals surface area contributed by atoms with E-state index >= 15 is 0 Å². The largest absolute Gasteiger partial charge is 0.377 e. The molecule has 1 saturated heterocycles. The molecule has 0 saturated carbocycles. The molecule has 1 aromatic heterocycles. The molecule has 128 valence electrons. The molecule has 1 amide bonds. The maximum atomic E-state index is 12.6. The van der Waals surface area contributed by atoms with E-state index in [1.165, 1.54) is 0 Å². The lowest BCUT2D eigenvalue weighted by Crippen LogP contribution is -2.52. The standard InChI is InChI=1S/C19H24N2O3/c1-12-4-5-15-9-16(19(23)20-17(15)8-12)6-7-18(22)21-13(2)10-24-11-14(21)3/h4-5,8-9,13-14H,6-7,10-11H2,1-3H3,(H,20,23). The quantitative estimate of drug-likeness (QED) is 0.941. The van der Waals surface area contributed by atoms with Crippen LogP contribution in [0, 0.1) is 6.92 Å². The van der Waals surface area contributed by atoms with Crippen molar-refractivity contribution in [3.63, 3.8) is 0 Å². The first-order valence-corrected chi connectivity index (χ1v) is 8.47. The number of aromatic amines is 1. The van der Waals surface area contributed by atoms with Crippen LogP contribution in [0.15, 0.2) is 29.1 Å². The average Bonchev–Trinajstić information content (AvgIpc) is 2.52. The van der Waals surface area contributed by atoms with Gasteiger partial charge in [0.05, 0.1) is 25.3 Å². The van der Waals surface area contributed by atoms with Gasteiger partial charge in [0.2, 0.25) is 5.91 Å². The number of carbonyl (C=O) groups is 1. The van der Waals surface area contributed by atoms with Gasteiger partial charge < -0.3 is 14.6 Å². The Hall–Kier alpha value is -2.14. The van der Waals surface area contributed by atoms with Crippen molar-refractivity contribution < 1.29 is 9.53 Å². The molecule has 2 atom stereocenters. The molecule has 1 aliphatic heterocycles. The van der Waals surface area contributed by atoms with Crippen LogP contribution in [0.5, 0.6) is 0 Å². The molecule has 2 aromatic rings. The summed E-state index contributed by atoms with van der Waals surface area (Å²) in [5, 5.41) is 0.996. The van der Waals surface area contributed by atoms with E-state index in [1.807, 2.05) is 49.9 Å². The molecule has 0 aliphatic carbocycles. The number of ether oxygens (including phenoxy) is 1. The van der Waals surface area contributed by atoms with Crippen LogP contribution in [0.2, 0.25) is 0 Å². The smallest absolute Gasteiger partial charge is 0.251 e. The highest BCUT2D eigenvalue weighted by Crippen LogP contribution is 2.17. The van der Waals surface area contributed by atoms with E-state index in [0.717, 1.165) is 16.5 Å². The molecule has 5 heteroatoms. The molecule has 24 heavy (non-hydrogen) atoms. The molecule has 3 rings (SSSR count). The summed E-state index contributed by atoms with van der Waals surface area (Å²) < 4.78 is 5.47. The number of rotatable bonds is 3. The summed E-state index contributed by atoms with van der Waals surface area (Å²) in [6.07, 6.45) is 0.796. The summed E-state index contributed by atoms with van der Waals surface area (Å²) in [7, 11) is 0. The predicted octanol–water partition coefficient (Wildman–Crippen LogP) is 2.40. The van der Waals surface area contributed by atoms with Gasteiger partial charge in [-0.3, -0.25) is 9.59 Å². The van der Waals surface area contributed by atoms with Crippen LogP contribution in [-0.2, 0) is 16.0 Å². The summed E-state index contributed by atoms with van der Waals surface area (Å²) >= 11 is 0. The first-order chi connectivity index (χ1) is 11.5. The molecule has 1 aromatic carbocycles. The molecule has 5 nitrogen and oxygen atoms in total. The Balaban J connectivity index is 1.75. The molecular formula is C19H24N2O3. The number of morpholine rings is 1. The van der Waals surface area contributed by atoms with Crippen LogP contribution in [0.3, 0.4) is 0 Å². The zero-order chi connectivity index (χ0) is 17.3. The van der Waals surface area contributed by atoms with E-state index in [1.54, 1.807) is 0 Å². The molecular weight excluding hydrogens is 304 g/mol. The van der Waals surface area contributed by atoms with Crippen LogP contribution < -0.4 is 5.56 Å². The molecule has 0 spiro atoms. The number of nitrogens with one attached hydrogen (secondary N) is 1. The zero-order valence-corrected chi connectivity index (χ0v) is 14.5. The van der Waals surface area contributed by atoms with Gasteiger partial charge >= 0.3 is 0 Å². The van der Waals surface area contributed by atoms with Crippen LogP contribution in [0.1, 0.15) is 31.4 Å². The number of hydrogen-bond acceptors (Lipinski definition) is 3. The van der Waals surface area contributed by atoms with Crippen molar-refractivity contribution in [2.45, 2.75) is 45.7 Å². The highest BCUT2D eigenvalue weighted by Gasteiger charge is 2.29. The fourth-order valence-electron chi connectivity index (χ4n) is 3.41. The van der Waals surface area contributed by atoms with Crippen molar-refractivity contribution in [2.24, 2.45) is 0 Å². The third-order valence-electron chi connectivity index (χ3n) is 4.64. The zero-order valence-electron chi connectivity index (χ0n) is 14.5. The highest BCUT2D eigenvalue weighted by atomic mass is 16.5. The second-order valence-electron chi connectivity index (χ2n) is 6.75. The Kier molecular flexibility index (Phi) is 4.71. The number of aryl methyl sites for hydroxylation is 2. The minimum atomic E-state index is -0.107. The van der Waals surface area contributed by atoms with Gasteiger partial charge in [-0.1, -0.05) is 12.1 Å². The van der Waals surface area contributed by atoms with Gasteiger partial charge in [-0.2, -0.15) is 0 Å². The normalized spacial score (nSPS) is 21.2. The average molecular weight is 328 g/mol. The van der Waals surface area contributed by atoms with E-state index in [-0.39, 0.29) is 23.6 Å². The fourth-order valence-corrected chi connectivity index (χ4v) is 3.41. The van der Waals surface area contributed by atoms with Crippen LogP contribution in [-0.4, -0.2) is 41.1 Å².